The molecular weight excluding hydrogens is 325 g/mol. The minimum atomic E-state index is -1.26. The van der Waals surface area contributed by atoms with E-state index in [-0.39, 0.29) is 0 Å². The first-order valence-electron chi connectivity index (χ1n) is 3.22. The van der Waals surface area contributed by atoms with Crippen molar-refractivity contribution in [1.29, 1.82) is 0 Å². The van der Waals surface area contributed by atoms with Gasteiger partial charge in [-0.3, -0.25) is 0 Å². The zero-order valence-electron chi connectivity index (χ0n) is 6.77. The first-order chi connectivity index (χ1) is 6.57. The second-order valence-corrected chi connectivity index (χ2v) is 9.98. The minimum Gasteiger partial charge on any atom is -0.185 e. The smallest absolute Gasteiger partial charge is 0.166 e. The number of hydrogen-bond donors (Lipinski definition) is 0. The molecule has 0 N–H and O–H groups in total. The van der Waals surface area contributed by atoms with Gasteiger partial charge in [-0.15, -0.1) is 5.92 Å². The molecule has 0 aliphatic rings. The van der Waals surface area contributed by atoms with E-state index in [1.165, 1.54) is 7.22 Å². The molecule has 3 atom stereocenters. The Labute approximate surface area is 105 Å². The summed E-state index contributed by atoms with van der Waals surface area (Å²) >= 11 is 23.6. The zero-order chi connectivity index (χ0) is 10.7. The number of hydrogen-bond acceptors (Lipinski definition) is 1. The molecule has 0 aromatic carbocycles. The zero-order valence-corrected chi connectivity index (χ0v) is 12.5. The summed E-state index contributed by atoms with van der Waals surface area (Å²) in [4.78, 5) is 0. The third kappa shape index (κ3) is 3.01. The van der Waals surface area contributed by atoms with Crippen LogP contribution in [-0.4, -0.2) is 11.7 Å². The molecule has 0 saturated carbocycles. The maximum absolute atomic E-state index is 5.99. The number of rotatable bonds is 1. The van der Waals surface area contributed by atoms with Crippen LogP contribution in [0.5, 0.6) is 0 Å². The molecule has 1 rings (SSSR count). The number of alkyl halides is 1. The lowest BCUT2D eigenvalue weighted by Gasteiger charge is -2.09. The van der Waals surface area contributed by atoms with Crippen molar-refractivity contribution in [2.24, 2.45) is 0 Å². The Kier molecular flexibility index (Phi) is 5.54. The monoisotopic (exact) mass is 327 g/mol. The third-order valence-electron chi connectivity index (χ3n) is 1.11. The number of aromatic nitrogens is 3. The number of halogens is 4. The second kappa shape index (κ2) is 5.93. The SMILES string of the molecule is CC#CC(Cl)p1npn(Cl)p(Cl)n1Cl. The van der Waals surface area contributed by atoms with Crippen LogP contribution in [0.15, 0.2) is 0 Å². The van der Waals surface area contributed by atoms with Crippen LogP contribution < -0.4 is 0 Å². The van der Waals surface area contributed by atoms with Gasteiger partial charge in [0.25, 0.3) is 0 Å². The highest BCUT2D eigenvalue weighted by Crippen LogP contribution is 2.50. The molecule has 0 amide bonds. The highest BCUT2D eigenvalue weighted by molar-refractivity contribution is 7.80. The molecular formula is C4H4Cl4N3P3. The van der Waals surface area contributed by atoms with Gasteiger partial charge in [-0.2, -0.15) is 11.7 Å². The fraction of sp³-hybridized carbons (Fsp3) is 0.500. The van der Waals surface area contributed by atoms with Crippen molar-refractivity contribution in [3.8, 4) is 11.8 Å². The molecule has 3 unspecified atom stereocenters. The van der Waals surface area contributed by atoms with Crippen molar-refractivity contribution in [2.75, 3.05) is 0 Å². The summed E-state index contributed by atoms with van der Waals surface area (Å²) in [6.07, 6.45) is 0. The fourth-order valence-electron chi connectivity index (χ4n) is 0.582. The molecule has 0 aliphatic heterocycles. The summed E-state index contributed by atoms with van der Waals surface area (Å²) in [5, 5.41) is -0.408. The normalized spacial score (nSPS) is 14.9. The van der Waals surface area contributed by atoms with E-state index in [4.69, 9.17) is 46.4 Å². The van der Waals surface area contributed by atoms with E-state index in [1.807, 2.05) is 0 Å². The van der Waals surface area contributed by atoms with Crippen molar-refractivity contribution in [1.82, 2.24) is 11.7 Å². The quantitative estimate of drug-likeness (QED) is 0.517. The van der Waals surface area contributed by atoms with E-state index in [9.17, 15) is 0 Å². The molecule has 0 aliphatic carbocycles. The van der Waals surface area contributed by atoms with Gasteiger partial charge in [0.1, 0.15) is 7.85 Å². The third-order valence-corrected chi connectivity index (χ3v) is 9.70. The Morgan fingerprint density at radius 3 is 2.71 bits per heavy atom. The summed E-state index contributed by atoms with van der Waals surface area (Å²) in [5.41, 5.74) is 0. The van der Waals surface area contributed by atoms with Gasteiger partial charge in [0.2, 0.25) is 0 Å². The molecule has 1 heterocycles. The van der Waals surface area contributed by atoms with Gasteiger partial charge in [0.05, 0.1) is 0 Å². The van der Waals surface area contributed by atoms with Gasteiger partial charge < -0.3 is 0 Å². The van der Waals surface area contributed by atoms with Crippen molar-refractivity contribution in [2.45, 2.75) is 12.0 Å². The lowest BCUT2D eigenvalue weighted by atomic mass is 10.7. The van der Waals surface area contributed by atoms with E-state index in [2.05, 4.69) is 16.3 Å². The fourth-order valence-corrected chi connectivity index (χ4v) is 8.36. The van der Waals surface area contributed by atoms with Gasteiger partial charge in [0.15, 0.2) is 20.8 Å². The molecule has 0 fully saturated rings. The van der Waals surface area contributed by atoms with Crippen LogP contribution in [-0.2, 0) is 0 Å². The topological polar surface area (TPSA) is 22.8 Å². The Morgan fingerprint density at radius 1 is 1.50 bits per heavy atom. The lowest BCUT2D eigenvalue weighted by molar-refractivity contribution is 1.44. The maximum Gasteiger partial charge on any atom is 0.166 e. The average Bonchev–Trinajstić information content (AvgIpc) is 2.15. The van der Waals surface area contributed by atoms with E-state index < -0.39 is 20.2 Å². The second-order valence-electron chi connectivity index (χ2n) is 1.95. The molecule has 10 heteroatoms. The predicted molar refractivity (Wildman–Crippen MR) is 67.9 cm³/mol. The van der Waals surface area contributed by atoms with E-state index >= 15 is 0 Å². The van der Waals surface area contributed by atoms with Crippen LogP contribution >= 0.6 is 70.0 Å². The van der Waals surface area contributed by atoms with Crippen LogP contribution in [0, 0.1) is 11.8 Å². The summed E-state index contributed by atoms with van der Waals surface area (Å²) in [5.74, 6) is 5.51. The Bertz CT molecular complexity index is 416. The van der Waals surface area contributed by atoms with Gasteiger partial charge >= 0.3 is 0 Å². The summed E-state index contributed by atoms with van der Waals surface area (Å²) in [6.45, 7) is 1.71. The molecule has 0 bridgehead atoms. The van der Waals surface area contributed by atoms with Crippen molar-refractivity contribution in [3.05, 3.63) is 0 Å². The highest BCUT2D eigenvalue weighted by atomic mass is 35.7. The first-order valence-corrected chi connectivity index (χ1v) is 8.60. The lowest BCUT2D eigenvalue weighted by Crippen LogP contribution is -1.86. The summed E-state index contributed by atoms with van der Waals surface area (Å²) in [6, 6.07) is 0. The van der Waals surface area contributed by atoms with E-state index in [0.29, 0.717) is 8.51 Å². The largest absolute Gasteiger partial charge is 0.185 e. The Morgan fingerprint density at radius 2 is 2.14 bits per heavy atom. The van der Waals surface area contributed by atoms with Gasteiger partial charge in [-0.05, 0) is 18.2 Å². The van der Waals surface area contributed by atoms with Crippen LogP contribution in [0.25, 0.3) is 0 Å². The summed E-state index contributed by atoms with van der Waals surface area (Å²) in [7, 11) is -1.77. The standard InChI is InChI=1S/C4H4Cl4N3P3/c1-2-3-4(5)13-9-12-10(6)14(8)11(13)7/h4H,1H3. The van der Waals surface area contributed by atoms with Crippen molar-refractivity contribution < 1.29 is 0 Å². The van der Waals surface area contributed by atoms with Crippen LogP contribution in [0.2, 0.25) is 0 Å². The molecule has 1 aromatic rings. The predicted octanol–water partition coefficient (Wildman–Crippen LogP) is 5.13. The van der Waals surface area contributed by atoms with Gasteiger partial charge in [-0.1, -0.05) is 17.5 Å². The van der Waals surface area contributed by atoms with E-state index in [1.54, 1.807) is 6.92 Å². The maximum atomic E-state index is 5.99. The van der Waals surface area contributed by atoms with Crippen LogP contribution in [0.1, 0.15) is 12.0 Å². The molecule has 3 nitrogen and oxygen atoms in total. The first kappa shape index (κ1) is 13.1. The van der Waals surface area contributed by atoms with Gasteiger partial charge in [-0.25, -0.2) is 0 Å². The van der Waals surface area contributed by atoms with Crippen LogP contribution in [0.4, 0.5) is 0 Å². The molecule has 1 aromatic heterocycles. The average molecular weight is 329 g/mol. The Balaban J connectivity index is 3.21. The summed E-state index contributed by atoms with van der Waals surface area (Å²) < 4.78 is 6.88. The molecule has 0 spiro atoms. The molecule has 14 heavy (non-hydrogen) atoms. The number of nitrogens with zero attached hydrogens (tertiary/aromatic N) is 3. The minimum absolute atomic E-state index is 0.408. The Hall–Kier alpha value is 1.02. The highest BCUT2D eigenvalue weighted by Gasteiger charge is 2.13. The molecule has 78 valence electrons. The van der Waals surface area contributed by atoms with Crippen LogP contribution in [0.3, 0.4) is 0 Å². The van der Waals surface area contributed by atoms with Crippen molar-refractivity contribution in [3.63, 3.8) is 0 Å². The van der Waals surface area contributed by atoms with Gasteiger partial charge in [0, 0.05) is 23.6 Å². The molecule has 0 saturated heterocycles. The van der Waals surface area contributed by atoms with Crippen molar-refractivity contribution >= 4 is 70.0 Å². The van der Waals surface area contributed by atoms with E-state index in [0.717, 1.165) is 0 Å². The molecule has 0 radical (unpaired) electrons.